The number of halogens is 2. The van der Waals surface area contributed by atoms with Crippen molar-refractivity contribution in [3.8, 4) is 0 Å². The third kappa shape index (κ3) is 4.35. The van der Waals surface area contributed by atoms with Crippen molar-refractivity contribution < 1.29 is 13.5 Å². The zero-order chi connectivity index (χ0) is 13.4. The number of nitrogens with one attached hydrogen (secondary N) is 1. The summed E-state index contributed by atoms with van der Waals surface area (Å²) in [5.74, 6) is -0.970. The highest BCUT2D eigenvalue weighted by Crippen LogP contribution is 2.24. The van der Waals surface area contributed by atoms with Gasteiger partial charge in [-0.05, 0) is 37.9 Å². The molecular weight excluding hydrogens is 236 g/mol. The molecule has 1 N–H and O–H groups in total. The van der Waals surface area contributed by atoms with Crippen molar-refractivity contribution in [2.75, 3.05) is 20.3 Å². The Kier molecular flexibility index (Phi) is 6.83. The number of benzene rings is 1. The number of methoxy groups -OCH3 is 1. The quantitative estimate of drug-likeness (QED) is 0.720. The summed E-state index contributed by atoms with van der Waals surface area (Å²) in [6, 6.07) is 3.70. The Labute approximate surface area is 107 Å². The molecule has 0 aliphatic rings. The summed E-state index contributed by atoms with van der Waals surface area (Å²) in [6.45, 7) is 3.36. The Hall–Kier alpha value is -1.00. The van der Waals surface area contributed by atoms with Crippen molar-refractivity contribution in [3.63, 3.8) is 0 Å². The molecule has 0 radical (unpaired) electrons. The van der Waals surface area contributed by atoms with Gasteiger partial charge in [0.25, 0.3) is 0 Å². The molecule has 0 aromatic heterocycles. The lowest BCUT2D eigenvalue weighted by molar-refractivity contribution is 0.188. The van der Waals surface area contributed by atoms with Gasteiger partial charge in [0.2, 0.25) is 0 Å². The van der Waals surface area contributed by atoms with E-state index in [1.54, 1.807) is 7.11 Å². The van der Waals surface area contributed by atoms with Crippen LogP contribution in [0.15, 0.2) is 18.2 Å². The lowest BCUT2D eigenvalue weighted by atomic mass is 10.0. The number of ether oxygens (including phenoxy) is 1. The van der Waals surface area contributed by atoms with Gasteiger partial charge in [0.15, 0.2) is 0 Å². The van der Waals surface area contributed by atoms with Gasteiger partial charge in [0, 0.05) is 25.3 Å². The highest BCUT2D eigenvalue weighted by atomic mass is 19.1. The minimum Gasteiger partial charge on any atom is -0.385 e. The van der Waals surface area contributed by atoms with E-state index in [2.05, 4.69) is 5.32 Å². The molecule has 0 saturated heterocycles. The molecule has 1 rings (SSSR count). The van der Waals surface area contributed by atoms with Crippen LogP contribution in [0.4, 0.5) is 8.78 Å². The fourth-order valence-corrected chi connectivity index (χ4v) is 1.94. The normalized spacial score (nSPS) is 12.7. The van der Waals surface area contributed by atoms with Crippen molar-refractivity contribution in [1.82, 2.24) is 5.32 Å². The van der Waals surface area contributed by atoms with Crippen LogP contribution in [0, 0.1) is 11.6 Å². The van der Waals surface area contributed by atoms with Gasteiger partial charge >= 0.3 is 0 Å². The lowest BCUT2D eigenvalue weighted by Gasteiger charge is -2.20. The maximum atomic E-state index is 13.7. The summed E-state index contributed by atoms with van der Waals surface area (Å²) in [7, 11) is 1.62. The third-order valence-electron chi connectivity index (χ3n) is 2.83. The van der Waals surface area contributed by atoms with E-state index >= 15 is 0 Å². The molecule has 2 nitrogen and oxygen atoms in total. The van der Waals surface area contributed by atoms with E-state index in [4.69, 9.17) is 4.74 Å². The highest BCUT2D eigenvalue weighted by molar-refractivity contribution is 5.23. The predicted octanol–water partition coefficient (Wildman–Crippen LogP) is 3.43. The van der Waals surface area contributed by atoms with Crippen molar-refractivity contribution in [2.24, 2.45) is 0 Å². The van der Waals surface area contributed by atoms with Crippen molar-refractivity contribution in [1.29, 1.82) is 0 Å². The summed E-state index contributed by atoms with van der Waals surface area (Å²) in [6.07, 6.45) is 2.36. The van der Waals surface area contributed by atoms with Crippen LogP contribution in [0.2, 0.25) is 0 Å². The Morgan fingerprint density at radius 2 is 1.94 bits per heavy atom. The van der Waals surface area contributed by atoms with Crippen molar-refractivity contribution >= 4 is 0 Å². The van der Waals surface area contributed by atoms with Gasteiger partial charge in [-0.25, -0.2) is 8.78 Å². The molecule has 0 amide bonds. The van der Waals surface area contributed by atoms with Crippen molar-refractivity contribution in [3.05, 3.63) is 35.4 Å². The SMILES string of the molecule is CCCNC(CCCOC)c1c(F)cccc1F. The van der Waals surface area contributed by atoms with Crippen LogP contribution in [-0.2, 0) is 4.74 Å². The second kappa shape index (κ2) is 8.16. The Bertz CT molecular complexity index is 337. The molecule has 0 aliphatic carbocycles. The zero-order valence-corrected chi connectivity index (χ0v) is 11.0. The van der Waals surface area contributed by atoms with Crippen LogP contribution in [-0.4, -0.2) is 20.3 Å². The molecule has 0 heterocycles. The smallest absolute Gasteiger partial charge is 0.130 e. The first-order valence-corrected chi connectivity index (χ1v) is 6.37. The van der Waals surface area contributed by atoms with Crippen LogP contribution >= 0.6 is 0 Å². The van der Waals surface area contributed by atoms with E-state index in [-0.39, 0.29) is 11.6 Å². The van der Waals surface area contributed by atoms with Gasteiger partial charge in [0.05, 0.1) is 0 Å². The first kappa shape index (κ1) is 15.1. The second-order valence-electron chi connectivity index (χ2n) is 4.28. The third-order valence-corrected chi connectivity index (χ3v) is 2.83. The molecule has 0 aliphatic heterocycles. The summed E-state index contributed by atoms with van der Waals surface area (Å²) >= 11 is 0. The molecule has 1 aromatic rings. The standard InChI is InChI=1S/C14H21F2NO/c1-3-9-17-13(8-5-10-18-2)14-11(15)6-4-7-12(14)16/h4,6-7,13,17H,3,5,8-10H2,1-2H3. The Balaban J connectivity index is 2.79. The molecule has 0 bridgehead atoms. The van der Waals surface area contributed by atoms with Gasteiger partial charge < -0.3 is 10.1 Å². The highest BCUT2D eigenvalue weighted by Gasteiger charge is 2.18. The average Bonchev–Trinajstić information content (AvgIpc) is 2.35. The zero-order valence-electron chi connectivity index (χ0n) is 11.0. The first-order chi connectivity index (χ1) is 8.70. The van der Waals surface area contributed by atoms with Gasteiger partial charge in [-0.15, -0.1) is 0 Å². The van der Waals surface area contributed by atoms with Crippen LogP contribution in [0.25, 0.3) is 0 Å². The molecule has 102 valence electrons. The fourth-order valence-electron chi connectivity index (χ4n) is 1.94. The van der Waals surface area contributed by atoms with Gasteiger partial charge in [-0.1, -0.05) is 13.0 Å². The number of hydrogen-bond acceptors (Lipinski definition) is 2. The van der Waals surface area contributed by atoms with E-state index in [0.717, 1.165) is 19.4 Å². The van der Waals surface area contributed by atoms with Crippen LogP contribution < -0.4 is 5.32 Å². The summed E-state index contributed by atoms with van der Waals surface area (Å²) < 4.78 is 32.4. The van der Waals surface area contributed by atoms with Gasteiger partial charge in [0.1, 0.15) is 11.6 Å². The summed E-state index contributed by atoms with van der Waals surface area (Å²) in [5, 5.41) is 3.19. The minimum absolute atomic E-state index is 0.141. The molecule has 0 spiro atoms. The molecule has 18 heavy (non-hydrogen) atoms. The van der Waals surface area contributed by atoms with E-state index in [1.807, 2.05) is 6.92 Å². The van der Waals surface area contributed by atoms with Crippen LogP contribution in [0.5, 0.6) is 0 Å². The largest absolute Gasteiger partial charge is 0.385 e. The molecule has 4 heteroatoms. The van der Waals surface area contributed by atoms with E-state index in [1.165, 1.54) is 18.2 Å². The fraction of sp³-hybridized carbons (Fsp3) is 0.571. The van der Waals surface area contributed by atoms with E-state index in [9.17, 15) is 8.78 Å². The predicted molar refractivity (Wildman–Crippen MR) is 68.5 cm³/mol. The monoisotopic (exact) mass is 257 g/mol. The molecule has 1 aromatic carbocycles. The van der Waals surface area contributed by atoms with E-state index < -0.39 is 11.6 Å². The topological polar surface area (TPSA) is 21.3 Å². The number of rotatable bonds is 8. The molecule has 0 fully saturated rings. The Morgan fingerprint density at radius 1 is 1.28 bits per heavy atom. The molecule has 1 atom stereocenters. The molecule has 1 unspecified atom stereocenters. The summed E-state index contributed by atoms with van der Waals surface area (Å²) in [4.78, 5) is 0. The van der Waals surface area contributed by atoms with Crippen LogP contribution in [0.1, 0.15) is 37.8 Å². The molecular formula is C14H21F2NO. The minimum atomic E-state index is -0.485. The first-order valence-electron chi connectivity index (χ1n) is 6.37. The second-order valence-corrected chi connectivity index (χ2v) is 4.28. The Morgan fingerprint density at radius 3 is 2.50 bits per heavy atom. The van der Waals surface area contributed by atoms with Crippen LogP contribution in [0.3, 0.4) is 0 Å². The maximum Gasteiger partial charge on any atom is 0.130 e. The van der Waals surface area contributed by atoms with E-state index in [0.29, 0.717) is 13.0 Å². The van der Waals surface area contributed by atoms with Crippen molar-refractivity contribution in [2.45, 2.75) is 32.2 Å². The molecule has 0 saturated carbocycles. The lowest BCUT2D eigenvalue weighted by Crippen LogP contribution is -2.24. The number of hydrogen-bond donors (Lipinski definition) is 1. The van der Waals surface area contributed by atoms with Gasteiger partial charge in [-0.3, -0.25) is 0 Å². The maximum absolute atomic E-state index is 13.7. The van der Waals surface area contributed by atoms with Gasteiger partial charge in [-0.2, -0.15) is 0 Å². The summed E-state index contributed by atoms with van der Waals surface area (Å²) in [5.41, 5.74) is 0.141. The average molecular weight is 257 g/mol.